The van der Waals surface area contributed by atoms with Crippen molar-refractivity contribution in [2.45, 2.75) is 6.92 Å². The Morgan fingerprint density at radius 1 is 0.963 bits per heavy atom. The minimum atomic E-state index is -0.590. The third kappa shape index (κ3) is 3.46. The van der Waals surface area contributed by atoms with Crippen LogP contribution in [0.15, 0.2) is 54.3 Å². The molecular weight excluding hydrogens is 614 g/mol. The Morgan fingerprint density at radius 3 is 1.96 bits per heavy atom. The minimum absolute atomic E-state index is 0.206. The molecule has 1 aliphatic heterocycles. The first-order valence-corrected chi connectivity index (χ1v) is 10.5. The number of fused-ring (bicyclic) bond motifs is 1. The number of hydrogen-bond acceptors (Lipinski definition) is 4. The van der Waals surface area contributed by atoms with E-state index in [-0.39, 0.29) is 22.4 Å². The second kappa shape index (κ2) is 7.62. The average Bonchev–Trinajstić information content (AvgIpc) is 2.89. The SMILES string of the molecule is C=C(C)C(=O)Oc1cccc(N2C(=O)c3c(Br)c(Br)c(Br)c(Br)c3C2=O)c1. The highest BCUT2D eigenvalue weighted by Gasteiger charge is 2.42. The molecule has 27 heavy (non-hydrogen) atoms. The van der Waals surface area contributed by atoms with E-state index in [1.165, 1.54) is 13.0 Å². The summed E-state index contributed by atoms with van der Waals surface area (Å²) < 4.78 is 7.35. The molecule has 0 spiro atoms. The molecule has 0 radical (unpaired) electrons. The van der Waals surface area contributed by atoms with Crippen molar-refractivity contribution in [3.63, 3.8) is 0 Å². The first-order chi connectivity index (χ1) is 12.6. The number of halogens is 4. The summed E-state index contributed by atoms with van der Waals surface area (Å²) in [4.78, 5) is 38.7. The summed E-state index contributed by atoms with van der Waals surface area (Å²) >= 11 is 13.5. The van der Waals surface area contributed by atoms with Crippen LogP contribution in [-0.4, -0.2) is 17.8 Å². The number of carbonyl (C=O) groups is 3. The summed E-state index contributed by atoms with van der Waals surface area (Å²) in [6.45, 7) is 5.05. The lowest BCUT2D eigenvalue weighted by Crippen LogP contribution is -2.29. The number of anilines is 1. The highest BCUT2D eigenvalue weighted by Crippen LogP contribution is 2.46. The van der Waals surface area contributed by atoms with Gasteiger partial charge in [-0.3, -0.25) is 9.59 Å². The van der Waals surface area contributed by atoms with Crippen LogP contribution in [0.25, 0.3) is 0 Å². The maximum absolute atomic E-state index is 13.0. The maximum atomic E-state index is 13.0. The molecule has 0 saturated heterocycles. The molecule has 138 valence electrons. The number of carbonyl (C=O) groups excluding carboxylic acids is 3. The van der Waals surface area contributed by atoms with E-state index in [4.69, 9.17) is 4.74 Å². The zero-order valence-corrected chi connectivity index (χ0v) is 20.0. The molecule has 0 aromatic heterocycles. The summed E-state index contributed by atoms with van der Waals surface area (Å²) in [6.07, 6.45) is 0. The van der Waals surface area contributed by atoms with Crippen LogP contribution in [0.2, 0.25) is 0 Å². The molecule has 0 bridgehead atoms. The lowest BCUT2D eigenvalue weighted by atomic mass is 10.1. The van der Waals surface area contributed by atoms with E-state index in [9.17, 15) is 14.4 Å². The van der Waals surface area contributed by atoms with E-state index in [1.54, 1.807) is 18.2 Å². The van der Waals surface area contributed by atoms with Crippen molar-refractivity contribution < 1.29 is 19.1 Å². The summed E-state index contributed by atoms with van der Waals surface area (Å²) in [7, 11) is 0. The van der Waals surface area contributed by atoms with Gasteiger partial charge in [-0.15, -0.1) is 0 Å². The van der Waals surface area contributed by atoms with E-state index in [2.05, 4.69) is 70.3 Å². The lowest BCUT2D eigenvalue weighted by molar-refractivity contribution is -0.130. The Balaban J connectivity index is 2.08. The normalized spacial score (nSPS) is 13.0. The van der Waals surface area contributed by atoms with E-state index in [1.807, 2.05) is 0 Å². The van der Waals surface area contributed by atoms with Gasteiger partial charge in [-0.05, 0) is 82.8 Å². The number of esters is 1. The number of imide groups is 1. The zero-order valence-electron chi connectivity index (χ0n) is 13.6. The summed E-state index contributed by atoms with van der Waals surface area (Å²) in [5.41, 5.74) is 1.01. The first-order valence-electron chi connectivity index (χ1n) is 7.37. The van der Waals surface area contributed by atoms with Gasteiger partial charge in [-0.2, -0.15) is 0 Å². The Hall–Kier alpha value is -1.29. The topological polar surface area (TPSA) is 63.7 Å². The van der Waals surface area contributed by atoms with Crippen molar-refractivity contribution in [1.29, 1.82) is 0 Å². The number of ether oxygens (including phenoxy) is 1. The Labute approximate surface area is 188 Å². The first kappa shape index (κ1) is 20.4. The van der Waals surface area contributed by atoms with Gasteiger partial charge in [0.1, 0.15) is 5.75 Å². The molecule has 2 aromatic rings. The molecule has 5 nitrogen and oxygen atoms in total. The van der Waals surface area contributed by atoms with Gasteiger partial charge >= 0.3 is 5.97 Å². The summed E-state index contributed by atoms with van der Waals surface area (Å²) in [6, 6.07) is 6.19. The van der Waals surface area contributed by atoms with Crippen LogP contribution in [0.5, 0.6) is 5.75 Å². The Kier molecular flexibility index (Phi) is 5.77. The molecule has 1 aliphatic rings. The van der Waals surface area contributed by atoms with Crippen molar-refractivity contribution in [3.05, 3.63) is 65.4 Å². The predicted molar refractivity (Wildman–Crippen MR) is 115 cm³/mol. The highest BCUT2D eigenvalue weighted by molar-refractivity contribution is 9.15. The molecule has 1 heterocycles. The number of nitrogens with zero attached hydrogens (tertiary/aromatic N) is 1. The van der Waals surface area contributed by atoms with Crippen LogP contribution in [0, 0.1) is 0 Å². The van der Waals surface area contributed by atoms with Crippen LogP contribution >= 0.6 is 63.7 Å². The molecule has 0 fully saturated rings. The fourth-order valence-electron chi connectivity index (χ4n) is 2.46. The predicted octanol–water partition coefficient (Wildman–Crippen LogP) is 6.02. The number of rotatable bonds is 3. The van der Waals surface area contributed by atoms with Crippen LogP contribution in [-0.2, 0) is 4.79 Å². The van der Waals surface area contributed by atoms with Crippen LogP contribution in [0.3, 0.4) is 0 Å². The molecule has 3 rings (SSSR count). The van der Waals surface area contributed by atoms with Crippen molar-refractivity contribution >= 4 is 87.2 Å². The molecular formula is C18H9Br4NO4. The van der Waals surface area contributed by atoms with E-state index in [0.717, 1.165) is 4.90 Å². The molecule has 0 unspecified atom stereocenters. The van der Waals surface area contributed by atoms with Gasteiger partial charge in [0.05, 0.1) is 16.8 Å². The van der Waals surface area contributed by atoms with Crippen LogP contribution < -0.4 is 9.64 Å². The highest BCUT2D eigenvalue weighted by atomic mass is 79.9. The standard InChI is InChI=1S/C18H9Br4NO4/c1-7(2)18(26)27-9-5-3-4-8(6-9)23-16(24)10-11(17(23)25)13(20)15(22)14(21)12(10)19/h3-6H,1H2,2H3. The molecule has 0 atom stereocenters. The van der Waals surface area contributed by atoms with Crippen molar-refractivity contribution in [3.8, 4) is 5.75 Å². The molecule has 2 aromatic carbocycles. The fraction of sp³-hybridized carbons (Fsp3) is 0.0556. The maximum Gasteiger partial charge on any atom is 0.338 e. The third-order valence-corrected chi connectivity index (χ3v) is 8.50. The Bertz CT molecular complexity index is 1000. The van der Waals surface area contributed by atoms with Gasteiger partial charge in [-0.1, -0.05) is 12.6 Å². The number of benzene rings is 2. The summed E-state index contributed by atoms with van der Waals surface area (Å²) in [5.74, 6) is -1.36. The quantitative estimate of drug-likeness (QED) is 0.105. The molecule has 0 N–H and O–H groups in total. The second-order valence-electron chi connectivity index (χ2n) is 5.62. The van der Waals surface area contributed by atoms with E-state index < -0.39 is 17.8 Å². The largest absolute Gasteiger partial charge is 0.423 e. The van der Waals surface area contributed by atoms with Gasteiger partial charge in [0, 0.05) is 29.5 Å². The molecule has 0 aliphatic carbocycles. The average molecular weight is 623 g/mol. The van der Waals surface area contributed by atoms with Crippen LogP contribution in [0.4, 0.5) is 5.69 Å². The minimum Gasteiger partial charge on any atom is -0.423 e. The van der Waals surface area contributed by atoms with Gasteiger partial charge in [0.15, 0.2) is 0 Å². The summed E-state index contributed by atoms with van der Waals surface area (Å²) in [5, 5.41) is 0. The number of hydrogen-bond donors (Lipinski definition) is 0. The van der Waals surface area contributed by atoms with Crippen molar-refractivity contribution in [2.75, 3.05) is 4.90 Å². The van der Waals surface area contributed by atoms with E-state index in [0.29, 0.717) is 23.6 Å². The monoisotopic (exact) mass is 619 g/mol. The third-order valence-electron chi connectivity index (χ3n) is 3.74. The zero-order chi connectivity index (χ0) is 20.0. The van der Waals surface area contributed by atoms with Gasteiger partial charge < -0.3 is 4.74 Å². The second-order valence-corrected chi connectivity index (χ2v) is 8.79. The molecule has 0 saturated carbocycles. The lowest BCUT2D eigenvalue weighted by Gasteiger charge is -2.15. The van der Waals surface area contributed by atoms with Gasteiger partial charge in [-0.25, -0.2) is 9.69 Å². The van der Waals surface area contributed by atoms with E-state index >= 15 is 0 Å². The smallest absolute Gasteiger partial charge is 0.338 e. The molecule has 9 heteroatoms. The fourth-order valence-corrected chi connectivity index (χ4v) is 4.92. The van der Waals surface area contributed by atoms with Crippen molar-refractivity contribution in [2.24, 2.45) is 0 Å². The Morgan fingerprint density at radius 2 is 1.48 bits per heavy atom. The van der Waals surface area contributed by atoms with Gasteiger partial charge in [0.2, 0.25) is 0 Å². The van der Waals surface area contributed by atoms with Crippen LogP contribution in [0.1, 0.15) is 27.6 Å². The van der Waals surface area contributed by atoms with Gasteiger partial charge in [0.25, 0.3) is 11.8 Å². The number of amides is 2. The van der Waals surface area contributed by atoms with Crippen molar-refractivity contribution in [1.82, 2.24) is 0 Å². The molecule has 2 amide bonds.